The number of nitrogens with zero attached hydrogens (tertiary/aromatic N) is 5. The minimum absolute atomic E-state index is 0.0236. The number of benzene rings is 3. The van der Waals surface area contributed by atoms with Gasteiger partial charge >= 0.3 is 11.8 Å². The van der Waals surface area contributed by atoms with E-state index in [0.717, 1.165) is 71.5 Å². The summed E-state index contributed by atoms with van der Waals surface area (Å²) in [5.74, 6) is 1.39. The highest BCUT2D eigenvalue weighted by Crippen LogP contribution is 2.48. The van der Waals surface area contributed by atoms with Gasteiger partial charge in [0.1, 0.15) is 30.5 Å². The summed E-state index contributed by atoms with van der Waals surface area (Å²) in [5.41, 5.74) is 5.50. The standard InChI is InChI=1S/C49H48ClN5O10S/c1-29-34(15-16-38(44(29)50)60-24-21-55-19-22-59-23-20-55)42-43-41(26-52-45(42)31-10-8-11-31)66-54-47(43)64-39(48(56)62-28-40-30(2)63-49(57)65-40)25-32-9-4-6-13-36(32)61-27-33-17-18-51-46(53-33)35-12-5-7-14-37(35)58-3/h4-7,9,12-18,26,31,39H,8,10-11,19-25,27-28H2,1-3H3. The zero-order valence-electron chi connectivity index (χ0n) is 36.8. The van der Waals surface area contributed by atoms with Crippen molar-refractivity contribution in [1.29, 1.82) is 0 Å². The number of fused-ring (bicyclic) bond motifs is 1. The van der Waals surface area contributed by atoms with Gasteiger partial charge in [0, 0.05) is 49.9 Å². The van der Waals surface area contributed by atoms with Crippen LogP contribution in [0, 0.1) is 13.8 Å². The fraction of sp³-hybridized carbons (Fsp3) is 0.347. The third-order valence-electron chi connectivity index (χ3n) is 11.9. The maximum Gasteiger partial charge on any atom is 0.519 e. The van der Waals surface area contributed by atoms with E-state index in [1.165, 1.54) is 11.5 Å². The Morgan fingerprint density at radius 1 is 0.924 bits per heavy atom. The predicted molar refractivity (Wildman–Crippen MR) is 247 cm³/mol. The third kappa shape index (κ3) is 9.92. The molecule has 5 heterocycles. The fourth-order valence-corrected chi connectivity index (χ4v) is 8.98. The number of halogens is 1. The number of hydrogen-bond acceptors (Lipinski definition) is 16. The molecule has 17 heteroatoms. The van der Waals surface area contributed by atoms with Crippen LogP contribution >= 0.6 is 23.1 Å². The van der Waals surface area contributed by atoms with Gasteiger partial charge < -0.3 is 37.3 Å². The summed E-state index contributed by atoms with van der Waals surface area (Å²) in [7, 11) is 1.60. The maximum absolute atomic E-state index is 14.3. The molecule has 1 unspecified atom stereocenters. The van der Waals surface area contributed by atoms with Crippen LogP contribution in [0.1, 0.15) is 59.2 Å². The van der Waals surface area contributed by atoms with Crippen LogP contribution in [0.3, 0.4) is 0 Å². The Morgan fingerprint density at radius 3 is 2.50 bits per heavy atom. The molecule has 66 heavy (non-hydrogen) atoms. The first kappa shape index (κ1) is 44.9. The van der Waals surface area contributed by atoms with Crippen LogP contribution in [-0.4, -0.2) is 82.9 Å². The van der Waals surface area contributed by atoms with E-state index in [1.54, 1.807) is 26.3 Å². The molecule has 2 fully saturated rings. The van der Waals surface area contributed by atoms with Crippen LogP contribution in [0.15, 0.2) is 92.8 Å². The lowest BCUT2D eigenvalue weighted by Gasteiger charge is -2.28. The van der Waals surface area contributed by atoms with Crippen molar-refractivity contribution in [2.24, 2.45) is 0 Å². The average Bonchev–Trinajstić information content (AvgIpc) is 3.89. The van der Waals surface area contributed by atoms with Crippen molar-refractivity contribution in [3.05, 3.63) is 129 Å². The number of carbonyl (C=O) groups is 1. The first-order chi connectivity index (χ1) is 32.2. The van der Waals surface area contributed by atoms with Crippen molar-refractivity contribution >= 4 is 39.2 Å². The van der Waals surface area contributed by atoms with Crippen molar-refractivity contribution in [2.45, 2.75) is 64.8 Å². The summed E-state index contributed by atoms with van der Waals surface area (Å²) in [6.45, 7) is 7.70. The Labute approximate surface area is 389 Å². The number of methoxy groups -OCH3 is 1. The monoisotopic (exact) mass is 933 g/mol. The molecule has 3 aromatic carbocycles. The molecule has 15 nitrogen and oxygen atoms in total. The number of esters is 1. The van der Waals surface area contributed by atoms with Gasteiger partial charge in [-0.3, -0.25) is 9.88 Å². The molecule has 1 saturated carbocycles. The van der Waals surface area contributed by atoms with Crippen LogP contribution in [0.25, 0.3) is 32.6 Å². The van der Waals surface area contributed by atoms with Gasteiger partial charge in [-0.15, -0.1) is 0 Å². The van der Waals surface area contributed by atoms with Gasteiger partial charge in [0.2, 0.25) is 12.0 Å². The van der Waals surface area contributed by atoms with E-state index in [2.05, 4.69) is 9.88 Å². The van der Waals surface area contributed by atoms with E-state index in [-0.39, 0.29) is 43.0 Å². The van der Waals surface area contributed by atoms with Gasteiger partial charge in [0.05, 0.1) is 52.4 Å². The van der Waals surface area contributed by atoms with Gasteiger partial charge in [0.25, 0.3) is 0 Å². The normalized spacial score (nSPS) is 14.7. The highest BCUT2D eigenvalue weighted by atomic mass is 35.5. The molecule has 0 N–H and O–H groups in total. The third-order valence-corrected chi connectivity index (χ3v) is 13.1. The number of pyridine rings is 1. The van der Waals surface area contributed by atoms with Crippen LogP contribution in [0.5, 0.6) is 23.1 Å². The first-order valence-corrected chi connectivity index (χ1v) is 23.0. The molecule has 9 rings (SSSR count). The molecule has 0 amide bonds. The summed E-state index contributed by atoms with van der Waals surface area (Å²) in [5, 5.41) is 1.22. The Bertz CT molecular complexity index is 2890. The second-order valence-corrected chi connectivity index (χ2v) is 17.2. The summed E-state index contributed by atoms with van der Waals surface area (Å²) in [6, 6.07) is 20.6. The Morgan fingerprint density at radius 2 is 1.73 bits per heavy atom. The molecule has 0 spiro atoms. The fourth-order valence-electron chi connectivity index (χ4n) is 8.07. The minimum Gasteiger partial charge on any atom is -0.496 e. The molecule has 7 aromatic rings. The van der Waals surface area contributed by atoms with Crippen molar-refractivity contribution in [3.63, 3.8) is 0 Å². The lowest BCUT2D eigenvalue weighted by Crippen LogP contribution is -2.38. The molecule has 0 radical (unpaired) electrons. The zero-order chi connectivity index (χ0) is 45.6. The molecule has 1 saturated heterocycles. The van der Waals surface area contributed by atoms with Gasteiger partial charge in [0.15, 0.2) is 24.0 Å². The summed E-state index contributed by atoms with van der Waals surface area (Å²) >= 11 is 8.34. The highest BCUT2D eigenvalue weighted by molar-refractivity contribution is 7.13. The maximum atomic E-state index is 14.3. The number of aromatic nitrogens is 4. The van der Waals surface area contributed by atoms with Crippen LogP contribution in [0.4, 0.5) is 0 Å². The number of ether oxygens (including phenoxy) is 6. The molecule has 2 aliphatic rings. The first-order valence-electron chi connectivity index (χ1n) is 21.8. The van der Waals surface area contributed by atoms with Crippen molar-refractivity contribution in [2.75, 3.05) is 46.6 Å². The molecule has 0 bridgehead atoms. The lowest BCUT2D eigenvalue weighted by atomic mass is 9.79. The lowest BCUT2D eigenvalue weighted by molar-refractivity contribution is -0.154. The summed E-state index contributed by atoms with van der Waals surface area (Å²) in [6.07, 6.45) is 5.35. The largest absolute Gasteiger partial charge is 0.519 e. The second-order valence-electron chi connectivity index (χ2n) is 16.0. The van der Waals surface area contributed by atoms with Crippen molar-refractivity contribution in [1.82, 2.24) is 24.2 Å². The number of hydrogen-bond donors (Lipinski definition) is 0. The molecule has 342 valence electrons. The molecule has 1 aliphatic heterocycles. The van der Waals surface area contributed by atoms with Crippen molar-refractivity contribution in [3.8, 4) is 45.6 Å². The van der Waals surface area contributed by atoms with E-state index < -0.39 is 17.9 Å². The molecule has 4 aromatic heterocycles. The Balaban J connectivity index is 1.03. The van der Waals surface area contributed by atoms with Gasteiger partial charge in [-0.1, -0.05) is 54.4 Å². The smallest absolute Gasteiger partial charge is 0.496 e. The molecule has 1 atom stereocenters. The highest BCUT2D eigenvalue weighted by Gasteiger charge is 2.32. The predicted octanol–water partition coefficient (Wildman–Crippen LogP) is 8.93. The van der Waals surface area contributed by atoms with Gasteiger partial charge in [-0.25, -0.2) is 19.6 Å². The van der Waals surface area contributed by atoms with Crippen LogP contribution < -0.4 is 24.8 Å². The van der Waals surface area contributed by atoms with E-state index in [9.17, 15) is 9.59 Å². The number of carbonyl (C=O) groups excluding carboxylic acids is 1. The average molecular weight is 934 g/mol. The number of rotatable bonds is 18. The number of aryl methyl sites for hydroxylation is 1. The quantitative estimate of drug-likeness (QED) is 0.0747. The molecule has 1 aliphatic carbocycles. The molecular weight excluding hydrogens is 886 g/mol. The van der Waals surface area contributed by atoms with E-state index in [1.807, 2.05) is 73.8 Å². The van der Waals surface area contributed by atoms with E-state index in [0.29, 0.717) is 64.6 Å². The topological polar surface area (TPSA) is 171 Å². The zero-order valence-corrected chi connectivity index (χ0v) is 38.3. The Hall–Kier alpha value is -6.33. The van der Waals surface area contributed by atoms with Crippen molar-refractivity contribution < 1.29 is 42.1 Å². The summed E-state index contributed by atoms with van der Waals surface area (Å²) < 4.78 is 51.9. The van der Waals surface area contributed by atoms with Gasteiger partial charge in [-0.2, -0.15) is 4.37 Å². The number of para-hydroxylation sites is 2. The second kappa shape index (κ2) is 20.5. The van der Waals surface area contributed by atoms with Gasteiger partial charge in [-0.05, 0) is 85.2 Å². The van der Waals surface area contributed by atoms with Crippen LogP contribution in [0.2, 0.25) is 5.02 Å². The SMILES string of the molecule is COc1ccccc1-c1nccc(COc2ccccc2CC(Oc2nsc3cnc(C4CCC4)c(-c4ccc(OCCN5CCOCC5)c(Cl)c4C)c23)C(=O)OCc2oc(=O)oc2C)n1. The van der Waals surface area contributed by atoms with Crippen LogP contribution in [-0.2, 0) is 33.9 Å². The Kier molecular flexibility index (Phi) is 13.9. The minimum atomic E-state index is -1.24. The van der Waals surface area contributed by atoms with E-state index in [4.69, 9.17) is 63.2 Å². The number of morpholine rings is 1. The summed E-state index contributed by atoms with van der Waals surface area (Å²) in [4.78, 5) is 42.7. The molecular formula is C49H48ClN5O10S. The van der Waals surface area contributed by atoms with E-state index >= 15 is 0 Å².